The first kappa shape index (κ1) is 19.5. The Morgan fingerprint density at radius 3 is 2.53 bits per heavy atom. The number of aromatic nitrogens is 5. The van der Waals surface area contributed by atoms with Crippen molar-refractivity contribution < 1.29 is 9.53 Å². The second-order valence-corrected chi connectivity index (χ2v) is 6.77. The Morgan fingerprint density at radius 2 is 1.83 bits per heavy atom. The van der Waals surface area contributed by atoms with Gasteiger partial charge in [0.2, 0.25) is 0 Å². The lowest BCUT2D eigenvalue weighted by atomic mass is 10.3. The molecule has 0 radical (unpaired) electrons. The molecule has 0 bridgehead atoms. The standard InChI is InChI=1S/C20H22N8O2/c1-15-4-9-22-20(23-15)30-14-19(29)28-12-10-27(11-13-28)18-3-2-17(25-26-18)24-16-5-7-21-8-6-16/h2-9H,10-14H2,1H3,(H,21,24,25). The fourth-order valence-corrected chi connectivity index (χ4v) is 3.04. The molecular formula is C20H22N8O2. The Labute approximate surface area is 174 Å². The van der Waals surface area contributed by atoms with Gasteiger partial charge in [0.15, 0.2) is 18.2 Å². The highest BCUT2D eigenvalue weighted by Gasteiger charge is 2.22. The average Bonchev–Trinajstić information content (AvgIpc) is 2.79. The van der Waals surface area contributed by atoms with E-state index in [1.165, 1.54) is 0 Å². The van der Waals surface area contributed by atoms with E-state index in [2.05, 4.69) is 35.4 Å². The summed E-state index contributed by atoms with van der Waals surface area (Å²) in [5.74, 6) is 1.36. The van der Waals surface area contributed by atoms with E-state index >= 15 is 0 Å². The number of hydrogen-bond acceptors (Lipinski definition) is 9. The van der Waals surface area contributed by atoms with Crippen LogP contribution in [-0.2, 0) is 4.79 Å². The van der Waals surface area contributed by atoms with Crippen molar-refractivity contribution in [3.63, 3.8) is 0 Å². The third-order valence-corrected chi connectivity index (χ3v) is 4.66. The Kier molecular flexibility index (Phi) is 5.93. The monoisotopic (exact) mass is 406 g/mol. The third-order valence-electron chi connectivity index (χ3n) is 4.66. The van der Waals surface area contributed by atoms with Crippen molar-refractivity contribution >= 4 is 23.2 Å². The number of anilines is 3. The zero-order chi connectivity index (χ0) is 20.8. The minimum atomic E-state index is -0.0808. The molecule has 3 aromatic rings. The van der Waals surface area contributed by atoms with Crippen LogP contribution in [0.1, 0.15) is 5.69 Å². The lowest BCUT2D eigenvalue weighted by Gasteiger charge is -2.35. The molecule has 1 amide bonds. The van der Waals surface area contributed by atoms with Gasteiger partial charge in [0.25, 0.3) is 5.91 Å². The van der Waals surface area contributed by atoms with Crippen LogP contribution in [0.3, 0.4) is 0 Å². The van der Waals surface area contributed by atoms with E-state index in [9.17, 15) is 4.79 Å². The largest absolute Gasteiger partial charge is 0.453 e. The minimum absolute atomic E-state index is 0.0708. The first-order valence-corrected chi connectivity index (χ1v) is 9.63. The molecule has 0 unspecified atom stereocenters. The molecule has 0 atom stereocenters. The summed E-state index contributed by atoms with van der Waals surface area (Å²) >= 11 is 0. The lowest BCUT2D eigenvalue weighted by Crippen LogP contribution is -2.50. The average molecular weight is 406 g/mol. The van der Waals surface area contributed by atoms with Crippen molar-refractivity contribution in [1.82, 2.24) is 30.0 Å². The van der Waals surface area contributed by atoms with Crippen LogP contribution >= 0.6 is 0 Å². The maximum absolute atomic E-state index is 12.4. The number of hydrogen-bond donors (Lipinski definition) is 1. The van der Waals surface area contributed by atoms with Crippen molar-refractivity contribution in [3.8, 4) is 6.01 Å². The summed E-state index contributed by atoms with van der Waals surface area (Å²) in [6, 6.07) is 9.53. The minimum Gasteiger partial charge on any atom is -0.453 e. The number of nitrogens with zero attached hydrogens (tertiary/aromatic N) is 7. The smallest absolute Gasteiger partial charge is 0.317 e. The van der Waals surface area contributed by atoms with Crippen LogP contribution in [0.4, 0.5) is 17.3 Å². The van der Waals surface area contributed by atoms with Gasteiger partial charge in [-0.25, -0.2) is 9.97 Å². The van der Waals surface area contributed by atoms with Crippen LogP contribution < -0.4 is 15.0 Å². The normalized spacial score (nSPS) is 13.8. The van der Waals surface area contributed by atoms with Gasteiger partial charge in [-0.05, 0) is 37.3 Å². The highest BCUT2D eigenvalue weighted by molar-refractivity contribution is 5.78. The highest BCUT2D eigenvalue weighted by atomic mass is 16.5. The van der Waals surface area contributed by atoms with Crippen molar-refractivity contribution in [2.24, 2.45) is 0 Å². The van der Waals surface area contributed by atoms with E-state index in [0.717, 1.165) is 17.2 Å². The molecule has 1 saturated heterocycles. The van der Waals surface area contributed by atoms with Gasteiger partial charge < -0.3 is 19.9 Å². The van der Waals surface area contributed by atoms with Crippen LogP contribution in [-0.4, -0.2) is 68.7 Å². The van der Waals surface area contributed by atoms with E-state index < -0.39 is 0 Å². The molecule has 0 aliphatic carbocycles. The van der Waals surface area contributed by atoms with Crippen molar-refractivity contribution in [3.05, 3.63) is 54.6 Å². The number of ether oxygens (including phenoxy) is 1. The predicted octanol–water partition coefficient (Wildman–Crippen LogP) is 1.44. The fraction of sp³-hybridized carbons (Fsp3) is 0.300. The van der Waals surface area contributed by atoms with E-state index in [1.54, 1.807) is 29.6 Å². The summed E-state index contributed by atoms with van der Waals surface area (Å²) in [5.41, 5.74) is 1.70. The van der Waals surface area contributed by atoms with E-state index in [0.29, 0.717) is 32.0 Å². The summed E-state index contributed by atoms with van der Waals surface area (Å²) in [6.45, 7) is 4.32. The number of carbonyl (C=O) groups is 1. The van der Waals surface area contributed by atoms with Crippen molar-refractivity contribution in [2.75, 3.05) is 43.0 Å². The molecule has 1 aliphatic rings. The number of nitrogens with one attached hydrogen (secondary N) is 1. The number of piperazine rings is 1. The third kappa shape index (κ3) is 4.96. The van der Waals surface area contributed by atoms with Crippen molar-refractivity contribution in [1.29, 1.82) is 0 Å². The summed E-state index contributed by atoms with van der Waals surface area (Å²) in [7, 11) is 0. The maximum atomic E-state index is 12.4. The number of amides is 1. The molecule has 0 spiro atoms. The molecule has 0 saturated carbocycles. The molecule has 1 N–H and O–H groups in total. The molecule has 4 heterocycles. The molecule has 154 valence electrons. The van der Waals surface area contributed by atoms with Crippen LogP contribution in [0.2, 0.25) is 0 Å². The number of aryl methyl sites for hydroxylation is 1. The van der Waals surface area contributed by atoms with Gasteiger partial charge in [-0.3, -0.25) is 9.78 Å². The molecule has 1 fully saturated rings. The zero-order valence-electron chi connectivity index (χ0n) is 16.6. The molecular weight excluding hydrogens is 384 g/mol. The Balaban J connectivity index is 1.26. The Hall–Kier alpha value is -3.82. The second-order valence-electron chi connectivity index (χ2n) is 6.77. The molecule has 30 heavy (non-hydrogen) atoms. The van der Waals surface area contributed by atoms with Crippen LogP contribution in [0.5, 0.6) is 6.01 Å². The highest BCUT2D eigenvalue weighted by Crippen LogP contribution is 2.17. The summed E-state index contributed by atoms with van der Waals surface area (Å²) in [4.78, 5) is 28.4. The lowest BCUT2D eigenvalue weighted by molar-refractivity contribution is -0.133. The number of pyridine rings is 1. The first-order chi connectivity index (χ1) is 14.7. The molecule has 10 heteroatoms. The maximum Gasteiger partial charge on any atom is 0.317 e. The predicted molar refractivity (Wildman–Crippen MR) is 111 cm³/mol. The fourth-order valence-electron chi connectivity index (χ4n) is 3.04. The number of carbonyl (C=O) groups excluding carboxylic acids is 1. The van der Waals surface area contributed by atoms with Crippen molar-refractivity contribution in [2.45, 2.75) is 6.92 Å². The molecule has 0 aromatic carbocycles. The van der Waals surface area contributed by atoms with E-state index in [1.807, 2.05) is 31.2 Å². The molecule has 1 aliphatic heterocycles. The van der Waals surface area contributed by atoms with E-state index in [4.69, 9.17) is 4.74 Å². The summed E-state index contributed by atoms with van der Waals surface area (Å²) in [6.07, 6.45) is 5.04. The van der Waals surface area contributed by atoms with Gasteiger partial charge in [-0.15, -0.1) is 10.2 Å². The zero-order valence-corrected chi connectivity index (χ0v) is 16.6. The van der Waals surface area contributed by atoms with Gasteiger partial charge in [0.1, 0.15) is 0 Å². The van der Waals surface area contributed by atoms with Gasteiger partial charge in [0.05, 0.1) is 0 Å². The molecule has 3 aromatic heterocycles. The molecule has 10 nitrogen and oxygen atoms in total. The Bertz CT molecular complexity index is 976. The van der Waals surface area contributed by atoms with Gasteiger partial charge in [0, 0.05) is 56.2 Å². The SMILES string of the molecule is Cc1ccnc(OCC(=O)N2CCN(c3ccc(Nc4ccncc4)nn3)CC2)n1. The Morgan fingerprint density at radius 1 is 1.03 bits per heavy atom. The summed E-state index contributed by atoms with van der Waals surface area (Å²) < 4.78 is 5.42. The van der Waals surface area contributed by atoms with Crippen LogP contribution in [0, 0.1) is 6.92 Å². The quantitative estimate of drug-likeness (QED) is 0.650. The molecule has 4 rings (SSSR count). The van der Waals surface area contributed by atoms with Gasteiger partial charge >= 0.3 is 6.01 Å². The topological polar surface area (TPSA) is 109 Å². The van der Waals surface area contributed by atoms with Crippen LogP contribution in [0.25, 0.3) is 0 Å². The second kappa shape index (κ2) is 9.12. The van der Waals surface area contributed by atoms with Gasteiger partial charge in [-0.1, -0.05) is 0 Å². The summed E-state index contributed by atoms with van der Waals surface area (Å²) in [5, 5.41) is 11.7. The van der Waals surface area contributed by atoms with Gasteiger partial charge in [-0.2, -0.15) is 0 Å². The number of rotatable bonds is 6. The first-order valence-electron chi connectivity index (χ1n) is 9.63. The van der Waals surface area contributed by atoms with Crippen LogP contribution in [0.15, 0.2) is 48.9 Å². The van der Waals surface area contributed by atoms with E-state index in [-0.39, 0.29) is 18.5 Å².